The minimum Gasteiger partial charge on any atom is -0.493 e. The number of nitrogens with one attached hydrogen (secondary N) is 1. The van der Waals surface area contributed by atoms with Crippen LogP contribution in [0, 0.1) is 5.92 Å². The van der Waals surface area contributed by atoms with E-state index in [9.17, 15) is 4.79 Å². The van der Waals surface area contributed by atoms with Crippen LogP contribution in [0.5, 0.6) is 11.5 Å². The average Bonchev–Trinajstić information content (AvgIpc) is 2.81. The second-order valence-electron chi connectivity index (χ2n) is 8.44. The molecule has 1 saturated heterocycles. The van der Waals surface area contributed by atoms with Crippen molar-refractivity contribution < 1.29 is 14.3 Å². The number of aromatic nitrogens is 2. The maximum absolute atomic E-state index is 12.4. The van der Waals surface area contributed by atoms with E-state index in [4.69, 9.17) is 9.47 Å². The summed E-state index contributed by atoms with van der Waals surface area (Å²) in [7, 11) is 0. The Morgan fingerprint density at radius 3 is 2.65 bits per heavy atom. The number of anilines is 1. The molecule has 1 aromatic heterocycles. The van der Waals surface area contributed by atoms with E-state index in [-0.39, 0.29) is 12.1 Å². The van der Waals surface area contributed by atoms with E-state index < -0.39 is 0 Å². The van der Waals surface area contributed by atoms with E-state index in [0.717, 1.165) is 43.3 Å². The van der Waals surface area contributed by atoms with Gasteiger partial charge in [0.2, 0.25) is 0 Å². The third-order valence-electron chi connectivity index (χ3n) is 6.16. The molecule has 1 N–H and O–H groups in total. The molecule has 2 amide bonds. The predicted molar refractivity (Wildman–Crippen MR) is 119 cm³/mol. The molecule has 166 valence electrons. The minimum absolute atomic E-state index is 0.0954. The van der Waals surface area contributed by atoms with Gasteiger partial charge in [0.25, 0.3) is 0 Å². The normalized spacial score (nSPS) is 17.9. The molecule has 4 rings (SSSR count). The second-order valence-corrected chi connectivity index (χ2v) is 8.44. The van der Waals surface area contributed by atoms with Crippen molar-refractivity contribution in [2.75, 3.05) is 25.0 Å². The molecule has 2 aromatic rings. The summed E-state index contributed by atoms with van der Waals surface area (Å²) < 4.78 is 12.2. The summed E-state index contributed by atoms with van der Waals surface area (Å²) in [4.78, 5) is 22.2. The van der Waals surface area contributed by atoms with E-state index in [1.807, 2.05) is 24.3 Å². The minimum atomic E-state index is -0.146. The zero-order valence-corrected chi connectivity index (χ0v) is 18.0. The van der Waals surface area contributed by atoms with Gasteiger partial charge in [0.05, 0.1) is 12.8 Å². The van der Waals surface area contributed by atoms with Crippen LogP contribution in [-0.2, 0) is 0 Å². The van der Waals surface area contributed by atoms with Crippen LogP contribution in [0.3, 0.4) is 0 Å². The SMILES string of the molecule is O=C(Nc1cnccn1)N1CCC(Oc2cccc(OCCC3CCCCC3)c2)CC1. The fourth-order valence-corrected chi connectivity index (χ4v) is 4.38. The van der Waals surface area contributed by atoms with Crippen LogP contribution in [-0.4, -0.2) is 46.7 Å². The molecule has 31 heavy (non-hydrogen) atoms. The largest absolute Gasteiger partial charge is 0.493 e. The number of likely N-dealkylation sites (tertiary alicyclic amines) is 1. The molecule has 1 aromatic carbocycles. The van der Waals surface area contributed by atoms with Gasteiger partial charge in [0.15, 0.2) is 5.82 Å². The number of ether oxygens (including phenoxy) is 2. The smallest absolute Gasteiger partial charge is 0.323 e. The maximum Gasteiger partial charge on any atom is 0.323 e. The topological polar surface area (TPSA) is 76.6 Å². The molecule has 0 radical (unpaired) electrons. The number of amides is 2. The Morgan fingerprint density at radius 2 is 1.87 bits per heavy atom. The quantitative estimate of drug-likeness (QED) is 0.684. The van der Waals surface area contributed by atoms with Crippen molar-refractivity contribution in [1.29, 1.82) is 0 Å². The molecule has 0 spiro atoms. The molecule has 7 nitrogen and oxygen atoms in total. The van der Waals surface area contributed by atoms with Crippen LogP contribution in [0.2, 0.25) is 0 Å². The van der Waals surface area contributed by atoms with E-state index in [1.54, 1.807) is 17.3 Å². The number of hydrogen-bond donors (Lipinski definition) is 1. The molecule has 2 aliphatic rings. The van der Waals surface area contributed by atoms with Gasteiger partial charge in [-0.3, -0.25) is 10.3 Å². The molecule has 2 fully saturated rings. The van der Waals surface area contributed by atoms with Gasteiger partial charge in [-0.25, -0.2) is 9.78 Å². The number of piperidine rings is 1. The fourth-order valence-electron chi connectivity index (χ4n) is 4.38. The van der Waals surface area contributed by atoms with Gasteiger partial charge in [0, 0.05) is 44.4 Å². The molecular formula is C24H32N4O3. The van der Waals surface area contributed by atoms with Crippen molar-refractivity contribution in [3.8, 4) is 11.5 Å². The molecule has 2 heterocycles. The van der Waals surface area contributed by atoms with Crippen molar-refractivity contribution >= 4 is 11.8 Å². The highest BCUT2D eigenvalue weighted by Gasteiger charge is 2.24. The van der Waals surface area contributed by atoms with Crippen LogP contribution < -0.4 is 14.8 Å². The number of carbonyl (C=O) groups excluding carboxylic acids is 1. The van der Waals surface area contributed by atoms with Gasteiger partial charge >= 0.3 is 6.03 Å². The summed E-state index contributed by atoms with van der Waals surface area (Å²) >= 11 is 0. The first-order valence-electron chi connectivity index (χ1n) is 11.5. The molecule has 0 atom stereocenters. The summed E-state index contributed by atoms with van der Waals surface area (Å²) in [5, 5.41) is 2.78. The van der Waals surface area contributed by atoms with E-state index in [1.165, 1.54) is 38.3 Å². The molecule has 1 aliphatic heterocycles. The van der Waals surface area contributed by atoms with Crippen LogP contribution in [0.15, 0.2) is 42.9 Å². The van der Waals surface area contributed by atoms with Crippen molar-refractivity contribution in [2.45, 2.75) is 57.5 Å². The van der Waals surface area contributed by atoms with Crippen LogP contribution in [0.25, 0.3) is 0 Å². The summed E-state index contributed by atoms with van der Waals surface area (Å²) in [6.07, 6.45) is 14.3. The maximum atomic E-state index is 12.4. The summed E-state index contributed by atoms with van der Waals surface area (Å²) in [5.74, 6) is 2.99. The lowest BCUT2D eigenvalue weighted by molar-refractivity contribution is 0.115. The number of urea groups is 1. The van der Waals surface area contributed by atoms with Crippen molar-refractivity contribution in [3.05, 3.63) is 42.9 Å². The van der Waals surface area contributed by atoms with Crippen molar-refractivity contribution in [1.82, 2.24) is 14.9 Å². The monoisotopic (exact) mass is 424 g/mol. The lowest BCUT2D eigenvalue weighted by Gasteiger charge is -2.32. The zero-order chi connectivity index (χ0) is 21.3. The second kappa shape index (κ2) is 11.0. The Labute approximate surface area is 184 Å². The van der Waals surface area contributed by atoms with E-state index in [0.29, 0.717) is 18.9 Å². The first-order chi connectivity index (χ1) is 15.3. The highest BCUT2D eigenvalue weighted by molar-refractivity contribution is 5.88. The highest BCUT2D eigenvalue weighted by atomic mass is 16.5. The molecule has 7 heteroatoms. The van der Waals surface area contributed by atoms with Crippen LogP contribution >= 0.6 is 0 Å². The Kier molecular flexibility index (Phi) is 7.58. The first kappa shape index (κ1) is 21.4. The number of hydrogen-bond acceptors (Lipinski definition) is 5. The highest BCUT2D eigenvalue weighted by Crippen LogP contribution is 2.27. The third-order valence-corrected chi connectivity index (χ3v) is 6.16. The lowest BCUT2D eigenvalue weighted by atomic mass is 9.87. The zero-order valence-electron chi connectivity index (χ0n) is 18.0. The molecule has 0 unspecified atom stereocenters. The van der Waals surface area contributed by atoms with Gasteiger partial charge < -0.3 is 14.4 Å². The standard InChI is InChI=1S/C24H32N4O3/c29-24(27-23-18-25-12-13-26-23)28-14-9-20(10-15-28)31-22-8-4-7-21(17-22)30-16-11-19-5-2-1-3-6-19/h4,7-8,12-13,17-20H,1-3,5-6,9-11,14-16H2,(H,26,27,29). The van der Waals surface area contributed by atoms with E-state index >= 15 is 0 Å². The predicted octanol–water partition coefficient (Wildman–Crippen LogP) is 4.90. The summed E-state index contributed by atoms with van der Waals surface area (Å²) in [5.41, 5.74) is 0. The Morgan fingerprint density at radius 1 is 1.06 bits per heavy atom. The number of carbonyl (C=O) groups is 1. The Bertz CT molecular complexity index is 819. The molecule has 1 saturated carbocycles. The Hall–Kier alpha value is -2.83. The van der Waals surface area contributed by atoms with E-state index in [2.05, 4.69) is 15.3 Å². The third kappa shape index (κ3) is 6.57. The van der Waals surface area contributed by atoms with Gasteiger partial charge in [-0.2, -0.15) is 0 Å². The van der Waals surface area contributed by atoms with Crippen molar-refractivity contribution in [2.24, 2.45) is 5.92 Å². The van der Waals surface area contributed by atoms with Gasteiger partial charge in [0.1, 0.15) is 17.6 Å². The van der Waals surface area contributed by atoms with Crippen LogP contribution in [0.4, 0.5) is 10.6 Å². The Balaban J connectivity index is 1.19. The summed E-state index contributed by atoms with van der Waals surface area (Å²) in [6.45, 7) is 2.07. The van der Waals surface area contributed by atoms with Gasteiger partial charge in [-0.1, -0.05) is 38.2 Å². The molecule has 1 aliphatic carbocycles. The number of benzene rings is 1. The number of nitrogens with zero attached hydrogens (tertiary/aromatic N) is 3. The average molecular weight is 425 g/mol. The number of rotatable bonds is 7. The fraction of sp³-hybridized carbons (Fsp3) is 0.542. The lowest BCUT2D eigenvalue weighted by Crippen LogP contribution is -2.43. The van der Waals surface area contributed by atoms with Gasteiger partial charge in [-0.05, 0) is 24.5 Å². The molecular weight excluding hydrogens is 392 g/mol. The van der Waals surface area contributed by atoms with Crippen molar-refractivity contribution in [3.63, 3.8) is 0 Å². The van der Waals surface area contributed by atoms with Gasteiger partial charge in [-0.15, -0.1) is 0 Å². The van der Waals surface area contributed by atoms with Crippen LogP contribution in [0.1, 0.15) is 51.4 Å². The first-order valence-corrected chi connectivity index (χ1v) is 11.5. The molecule has 0 bridgehead atoms. The summed E-state index contributed by atoms with van der Waals surface area (Å²) in [6, 6.07) is 7.78.